The number of piperidine rings is 1. The molecule has 1 aromatic rings. The molecule has 1 N–H and O–H groups in total. The molecule has 1 unspecified atom stereocenters. The van der Waals surface area contributed by atoms with Gasteiger partial charge in [-0.1, -0.05) is 12.1 Å². The van der Waals surface area contributed by atoms with Crippen molar-refractivity contribution in [2.24, 2.45) is 11.8 Å². The third-order valence-electron chi connectivity index (χ3n) is 6.32. The molecule has 1 amide bonds. The Balaban J connectivity index is 0.00000256. The number of hydrogen-bond donors (Lipinski definition) is 1. The zero-order chi connectivity index (χ0) is 20.1. The van der Waals surface area contributed by atoms with E-state index >= 15 is 0 Å². The third kappa shape index (κ3) is 5.74. The van der Waals surface area contributed by atoms with Gasteiger partial charge in [-0.25, -0.2) is 4.39 Å². The van der Waals surface area contributed by atoms with Crippen molar-refractivity contribution in [1.82, 2.24) is 10.2 Å². The van der Waals surface area contributed by atoms with Crippen LogP contribution < -0.4 is 10.1 Å². The highest BCUT2D eigenvalue weighted by molar-refractivity contribution is 5.85. The first kappa shape index (κ1) is 23.0. The van der Waals surface area contributed by atoms with Crippen LogP contribution in [0.2, 0.25) is 0 Å². The molecule has 166 valence electrons. The van der Waals surface area contributed by atoms with Crippen LogP contribution in [0.25, 0.3) is 5.57 Å². The number of rotatable bonds is 5. The Labute approximate surface area is 184 Å². The predicted octanol–water partition coefficient (Wildman–Crippen LogP) is 3.67. The maximum Gasteiger partial charge on any atom is 0.226 e. The number of morpholine rings is 1. The summed E-state index contributed by atoms with van der Waals surface area (Å²) in [5, 5.41) is 3.33. The summed E-state index contributed by atoms with van der Waals surface area (Å²) in [6.45, 7) is 5.24. The molecule has 0 aromatic heterocycles. The molecule has 2 saturated heterocycles. The quantitative estimate of drug-likeness (QED) is 0.762. The van der Waals surface area contributed by atoms with E-state index in [0.29, 0.717) is 44.6 Å². The molecule has 2 aliphatic heterocycles. The lowest BCUT2D eigenvalue weighted by Crippen LogP contribution is -2.44. The Hall–Kier alpha value is -1.63. The largest absolute Gasteiger partial charge is 0.490 e. The lowest BCUT2D eigenvalue weighted by Gasteiger charge is -2.31. The molecule has 30 heavy (non-hydrogen) atoms. The Bertz CT molecular complexity index is 746. The monoisotopic (exact) mass is 438 g/mol. The van der Waals surface area contributed by atoms with Gasteiger partial charge in [0.15, 0.2) is 11.6 Å². The molecule has 7 heteroatoms. The van der Waals surface area contributed by atoms with Crippen molar-refractivity contribution < 1.29 is 18.7 Å². The standard InChI is InChI=1S/C23H31FN2O3.ClH/c24-21-15-20(5-6-22(21)29-16-17-7-9-25-10-8-17)18-1-3-19(4-2-18)23(27)26-11-13-28-14-12-26;/h1,5-6,15,17,19,25H,2-4,7-14,16H2;1H. The second-order valence-electron chi connectivity index (χ2n) is 8.29. The minimum Gasteiger partial charge on any atom is -0.490 e. The van der Waals surface area contributed by atoms with Crippen LogP contribution in [0.3, 0.4) is 0 Å². The minimum absolute atomic E-state index is 0. The first-order valence-corrected chi connectivity index (χ1v) is 10.9. The van der Waals surface area contributed by atoms with E-state index in [1.807, 2.05) is 11.0 Å². The second-order valence-corrected chi connectivity index (χ2v) is 8.29. The number of ether oxygens (including phenoxy) is 2. The highest BCUT2D eigenvalue weighted by atomic mass is 35.5. The summed E-state index contributed by atoms with van der Waals surface area (Å²) >= 11 is 0. The summed E-state index contributed by atoms with van der Waals surface area (Å²) in [4.78, 5) is 14.6. The van der Waals surface area contributed by atoms with Crippen molar-refractivity contribution >= 4 is 23.9 Å². The van der Waals surface area contributed by atoms with Crippen LogP contribution in [0.1, 0.15) is 37.7 Å². The van der Waals surface area contributed by atoms with E-state index in [-0.39, 0.29) is 30.0 Å². The number of hydrogen-bond acceptors (Lipinski definition) is 4. The topological polar surface area (TPSA) is 50.8 Å². The number of nitrogens with zero attached hydrogens (tertiary/aromatic N) is 1. The summed E-state index contributed by atoms with van der Waals surface area (Å²) in [5.74, 6) is 0.802. The number of nitrogens with one attached hydrogen (secondary N) is 1. The van der Waals surface area contributed by atoms with Crippen molar-refractivity contribution in [3.8, 4) is 5.75 Å². The van der Waals surface area contributed by atoms with Crippen molar-refractivity contribution in [3.05, 3.63) is 35.7 Å². The summed E-state index contributed by atoms with van der Waals surface area (Å²) < 4.78 is 25.7. The molecule has 1 aliphatic carbocycles. The molecule has 4 rings (SSSR count). The zero-order valence-corrected chi connectivity index (χ0v) is 18.2. The fourth-order valence-corrected chi connectivity index (χ4v) is 4.44. The smallest absolute Gasteiger partial charge is 0.226 e. The van der Waals surface area contributed by atoms with Crippen LogP contribution in [0.5, 0.6) is 5.75 Å². The van der Waals surface area contributed by atoms with Crippen LogP contribution in [-0.4, -0.2) is 56.8 Å². The molecule has 5 nitrogen and oxygen atoms in total. The molecule has 1 atom stereocenters. The average Bonchev–Trinajstić information content (AvgIpc) is 2.79. The number of amides is 1. The van der Waals surface area contributed by atoms with Gasteiger partial charge >= 0.3 is 0 Å². The minimum atomic E-state index is -0.302. The first-order valence-electron chi connectivity index (χ1n) is 10.9. The van der Waals surface area contributed by atoms with Gasteiger partial charge in [0.2, 0.25) is 5.91 Å². The van der Waals surface area contributed by atoms with Gasteiger partial charge in [-0.15, -0.1) is 12.4 Å². The van der Waals surface area contributed by atoms with Crippen molar-refractivity contribution in [3.63, 3.8) is 0 Å². The lowest BCUT2D eigenvalue weighted by molar-refractivity contribution is -0.139. The van der Waals surface area contributed by atoms with Gasteiger partial charge in [-0.2, -0.15) is 0 Å². The second kappa shape index (κ2) is 11.1. The Morgan fingerprint density at radius 2 is 1.97 bits per heavy atom. The third-order valence-corrected chi connectivity index (χ3v) is 6.32. The molecule has 2 heterocycles. The Kier molecular flexibility index (Phi) is 8.54. The number of carbonyl (C=O) groups is 1. The van der Waals surface area contributed by atoms with Crippen LogP contribution >= 0.6 is 12.4 Å². The van der Waals surface area contributed by atoms with Crippen molar-refractivity contribution in [1.29, 1.82) is 0 Å². The lowest BCUT2D eigenvalue weighted by atomic mass is 9.85. The molecular weight excluding hydrogens is 407 g/mol. The van der Waals surface area contributed by atoms with Gasteiger partial charge in [-0.05, 0) is 74.4 Å². The molecular formula is C23H32ClFN2O3. The normalized spacial score (nSPS) is 22.8. The fraction of sp³-hybridized carbons (Fsp3) is 0.609. The molecule has 1 aromatic carbocycles. The van der Waals surface area contributed by atoms with E-state index in [1.54, 1.807) is 12.1 Å². The molecule has 0 radical (unpaired) electrons. The van der Waals surface area contributed by atoms with Crippen LogP contribution in [-0.2, 0) is 9.53 Å². The van der Waals surface area contributed by atoms with Gasteiger partial charge in [0.25, 0.3) is 0 Å². The summed E-state index contributed by atoms with van der Waals surface area (Å²) in [6.07, 6.45) is 6.61. The molecule has 3 aliphatic rings. The van der Waals surface area contributed by atoms with Gasteiger partial charge in [-0.3, -0.25) is 4.79 Å². The fourth-order valence-electron chi connectivity index (χ4n) is 4.44. The maximum atomic E-state index is 14.6. The summed E-state index contributed by atoms with van der Waals surface area (Å²) in [7, 11) is 0. The maximum absolute atomic E-state index is 14.6. The number of carbonyl (C=O) groups excluding carboxylic acids is 1. The number of allylic oxidation sites excluding steroid dienone is 2. The van der Waals surface area contributed by atoms with Crippen molar-refractivity contribution in [2.45, 2.75) is 32.1 Å². The van der Waals surface area contributed by atoms with Gasteiger partial charge in [0, 0.05) is 19.0 Å². The summed E-state index contributed by atoms with van der Waals surface area (Å²) in [5.41, 5.74) is 2.02. The predicted molar refractivity (Wildman–Crippen MR) is 117 cm³/mol. The first-order chi connectivity index (χ1) is 14.2. The van der Waals surface area contributed by atoms with E-state index in [0.717, 1.165) is 56.3 Å². The van der Waals surface area contributed by atoms with Gasteiger partial charge < -0.3 is 19.7 Å². The zero-order valence-electron chi connectivity index (χ0n) is 17.4. The highest BCUT2D eigenvalue weighted by Gasteiger charge is 2.27. The van der Waals surface area contributed by atoms with Gasteiger partial charge in [0.05, 0.1) is 19.8 Å². The molecule has 0 spiro atoms. The van der Waals surface area contributed by atoms with Gasteiger partial charge in [0.1, 0.15) is 0 Å². The van der Waals surface area contributed by atoms with E-state index in [2.05, 4.69) is 11.4 Å². The van der Waals surface area contributed by atoms with Crippen molar-refractivity contribution in [2.75, 3.05) is 46.0 Å². The number of benzene rings is 1. The van der Waals surface area contributed by atoms with Crippen LogP contribution in [0, 0.1) is 17.7 Å². The van der Waals surface area contributed by atoms with E-state index in [9.17, 15) is 9.18 Å². The number of halogens is 2. The van der Waals surface area contributed by atoms with Crippen LogP contribution in [0.15, 0.2) is 24.3 Å². The van der Waals surface area contributed by atoms with E-state index in [4.69, 9.17) is 9.47 Å². The Morgan fingerprint density at radius 3 is 2.63 bits per heavy atom. The molecule has 0 saturated carbocycles. The summed E-state index contributed by atoms with van der Waals surface area (Å²) in [6, 6.07) is 5.27. The Morgan fingerprint density at radius 1 is 1.20 bits per heavy atom. The SMILES string of the molecule is Cl.O=C(C1CC=C(c2ccc(OCC3CCNCC3)c(F)c2)CC1)N1CCOCC1. The van der Waals surface area contributed by atoms with Crippen LogP contribution in [0.4, 0.5) is 4.39 Å². The van der Waals surface area contributed by atoms with E-state index < -0.39 is 0 Å². The van der Waals surface area contributed by atoms with E-state index in [1.165, 1.54) is 0 Å². The highest BCUT2D eigenvalue weighted by Crippen LogP contribution is 2.33. The molecule has 2 fully saturated rings. The average molecular weight is 439 g/mol. The molecule has 0 bridgehead atoms.